The third-order valence-electron chi connectivity index (χ3n) is 4.15. The molecule has 130 valence electrons. The molecule has 0 spiro atoms. The molecule has 0 amide bonds. The topological polar surface area (TPSA) is 85.6 Å². The normalized spacial score (nSPS) is 18.2. The number of nitro benzene ring substituents is 1. The molecule has 2 heterocycles. The number of rotatable bonds is 3. The van der Waals surface area contributed by atoms with E-state index < -0.39 is 16.6 Å². The molecule has 1 aromatic heterocycles. The average molecular weight is 406 g/mol. The summed E-state index contributed by atoms with van der Waals surface area (Å²) in [6, 6.07) is 5.62. The number of ether oxygens (including phenoxy) is 1. The van der Waals surface area contributed by atoms with Crippen molar-refractivity contribution in [3.63, 3.8) is 0 Å². The maximum atomic E-state index is 11.9. The molecular formula is C17H16BrN3O4. The van der Waals surface area contributed by atoms with Crippen LogP contribution in [0, 0.1) is 17.0 Å². The van der Waals surface area contributed by atoms with Crippen LogP contribution < -0.4 is 9.64 Å². The Balaban J connectivity index is 2.24. The number of halogens is 1. The van der Waals surface area contributed by atoms with E-state index in [-0.39, 0.29) is 5.69 Å². The second kappa shape index (κ2) is 6.11. The highest BCUT2D eigenvalue weighted by atomic mass is 79.9. The van der Waals surface area contributed by atoms with E-state index in [2.05, 4.69) is 20.9 Å². The number of benzene rings is 1. The molecule has 0 saturated carbocycles. The quantitative estimate of drug-likeness (QED) is 0.436. The molecule has 1 unspecified atom stereocenters. The molecule has 3 rings (SSSR count). The molecule has 0 bridgehead atoms. The number of carbonyl (C=O) groups excluding carboxylic acids is 1. The number of nitrogens with zero attached hydrogens (tertiary/aromatic N) is 3. The molecule has 2 aromatic rings. The summed E-state index contributed by atoms with van der Waals surface area (Å²) in [5.74, 6) is 0.952. The van der Waals surface area contributed by atoms with Gasteiger partial charge in [-0.15, -0.1) is 0 Å². The van der Waals surface area contributed by atoms with Crippen LogP contribution in [-0.2, 0) is 4.79 Å². The zero-order chi connectivity index (χ0) is 18.4. The first-order valence-electron chi connectivity index (χ1n) is 7.58. The summed E-state index contributed by atoms with van der Waals surface area (Å²) in [5.41, 5.74) is 0.480. The van der Waals surface area contributed by atoms with Crippen molar-refractivity contribution in [2.75, 3.05) is 4.90 Å². The van der Waals surface area contributed by atoms with Gasteiger partial charge < -0.3 is 14.4 Å². The Labute approximate surface area is 152 Å². The van der Waals surface area contributed by atoms with E-state index in [0.29, 0.717) is 17.3 Å². The molecule has 25 heavy (non-hydrogen) atoms. The van der Waals surface area contributed by atoms with Crippen LogP contribution in [0.4, 0.5) is 17.2 Å². The predicted molar refractivity (Wildman–Crippen MR) is 96.5 cm³/mol. The summed E-state index contributed by atoms with van der Waals surface area (Å²) < 4.78 is 6.74. The molecule has 1 atom stereocenters. The molecule has 1 aliphatic rings. The summed E-state index contributed by atoms with van der Waals surface area (Å²) in [5, 5.41) is 11.1. The third-order valence-corrected chi connectivity index (χ3v) is 4.59. The molecule has 8 heteroatoms. The van der Waals surface area contributed by atoms with Crippen LogP contribution in [-0.4, -0.2) is 27.8 Å². The van der Waals surface area contributed by atoms with Crippen LogP contribution >= 0.6 is 15.9 Å². The van der Waals surface area contributed by atoms with Gasteiger partial charge in [-0.05, 0) is 54.4 Å². The van der Waals surface area contributed by atoms with Crippen molar-refractivity contribution in [3.05, 3.63) is 50.6 Å². The molecule has 0 N–H and O–H groups in total. The Morgan fingerprint density at radius 2 is 2.12 bits per heavy atom. The van der Waals surface area contributed by atoms with Crippen molar-refractivity contribution >= 4 is 39.4 Å². The molecular weight excluding hydrogens is 390 g/mol. The molecule has 0 radical (unpaired) electrons. The highest BCUT2D eigenvalue weighted by molar-refractivity contribution is 9.10. The van der Waals surface area contributed by atoms with Gasteiger partial charge in [-0.2, -0.15) is 0 Å². The maximum absolute atomic E-state index is 11.9. The second-order valence-corrected chi connectivity index (χ2v) is 7.28. The second-order valence-electron chi connectivity index (χ2n) is 6.36. The van der Waals surface area contributed by atoms with E-state index in [0.717, 1.165) is 16.3 Å². The fourth-order valence-electron chi connectivity index (χ4n) is 2.96. The van der Waals surface area contributed by atoms with Crippen molar-refractivity contribution in [2.45, 2.75) is 32.4 Å². The largest absolute Gasteiger partial charge is 0.483 e. The standard InChI is InChI=1S/C17H16BrN3O4/c1-10-6-11(18)8-19-16(10)20-13-5-4-12(21(23)24)7-14(13)25-17(2,3)15(20)9-22/h4-9,15H,1-3H3. The minimum absolute atomic E-state index is 0.0699. The first kappa shape index (κ1) is 17.3. The van der Waals surface area contributed by atoms with Crippen molar-refractivity contribution in [1.29, 1.82) is 0 Å². The Morgan fingerprint density at radius 1 is 1.40 bits per heavy atom. The highest BCUT2D eigenvalue weighted by Crippen LogP contribution is 2.45. The Hall–Kier alpha value is -2.48. The van der Waals surface area contributed by atoms with Crippen molar-refractivity contribution < 1.29 is 14.5 Å². The average Bonchev–Trinajstić information content (AvgIpc) is 2.52. The van der Waals surface area contributed by atoms with Crippen LogP contribution in [0.2, 0.25) is 0 Å². The smallest absolute Gasteiger partial charge is 0.273 e. The lowest BCUT2D eigenvalue weighted by atomic mass is 9.94. The molecule has 1 aliphatic heterocycles. The first-order chi connectivity index (χ1) is 11.7. The van der Waals surface area contributed by atoms with Crippen LogP contribution in [0.3, 0.4) is 0 Å². The number of aldehydes is 1. The number of aryl methyl sites for hydroxylation is 1. The summed E-state index contributed by atoms with van der Waals surface area (Å²) >= 11 is 3.38. The van der Waals surface area contributed by atoms with Gasteiger partial charge in [-0.1, -0.05) is 0 Å². The fourth-order valence-corrected chi connectivity index (χ4v) is 3.40. The Bertz CT molecular complexity index is 869. The van der Waals surface area contributed by atoms with Gasteiger partial charge in [-0.25, -0.2) is 4.98 Å². The van der Waals surface area contributed by atoms with E-state index in [1.165, 1.54) is 12.1 Å². The van der Waals surface area contributed by atoms with Gasteiger partial charge in [0.15, 0.2) is 5.75 Å². The highest BCUT2D eigenvalue weighted by Gasteiger charge is 2.44. The summed E-state index contributed by atoms with van der Waals surface area (Å²) in [6.45, 7) is 5.44. The van der Waals surface area contributed by atoms with E-state index in [9.17, 15) is 14.9 Å². The third kappa shape index (κ3) is 2.97. The van der Waals surface area contributed by atoms with Crippen molar-refractivity contribution in [2.24, 2.45) is 0 Å². The fraction of sp³-hybridized carbons (Fsp3) is 0.294. The van der Waals surface area contributed by atoms with E-state index in [4.69, 9.17) is 4.74 Å². The molecule has 7 nitrogen and oxygen atoms in total. The number of non-ortho nitro benzene ring substituents is 1. The first-order valence-corrected chi connectivity index (χ1v) is 8.38. The molecule has 0 aliphatic carbocycles. The van der Waals surface area contributed by atoms with Gasteiger partial charge in [0, 0.05) is 16.7 Å². The van der Waals surface area contributed by atoms with Gasteiger partial charge in [0.25, 0.3) is 5.69 Å². The summed E-state index contributed by atoms with van der Waals surface area (Å²) in [7, 11) is 0. The number of fused-ring (bicyclic) bond motifs is 1. The predicted octanol–water partition coefficient (Wildman–Crippen LogP) is 3.94. The zero-order valence-corrected chi connectivity index (χ0v) is 15.5. The maximum Gasteiger partial charge on any atom is 0.273 e. The number of nitro groups is 1. The lowest BCUT2D eigenvalue weighted by Crippen LogP contribution is -2.55. The van der Waals surface area contributed by atoms with E-state index in [1.54, 1.807) is 31.0 Å². The van der Waals surface area contributed by atoms with Crippen molar-refractivity contribution in [3.8, 4) is 5.75 Å². The van der Waals surface area contributed by atoms with Gasteiger partial charge in [-0.3, -0.25) is 10.1 Å². The zero-order valence-electron chi connectivity index (χ0n) is 13.9. The number of anilines is 2. The Morgan fingerprint density at radius 3 is 2.72 bits per heavy atom. The number of aromatic nitrogens is 1. The van der Waals surface area contributed by atoms with Crippen LogP contribution in [0.15, 0.2) is 34.9 Å². The lowest BCUT2D eigenvalue weighted by molar-refractivity contribution is -0.385. The summed E-state index contributed by atoms with van der Waals surface area (Å²) in [6.07, 6.45) is 2.46. The SMILES string of the molecule is Cc1cc(Br)cnc1N1c2ccc([N+](=O)[O-])cc2OC(C)(C)C1C=O. The van der Waals surface area contributed by atoms with Crippen LogP contribution in [0.25, 0.3) is 0 Å². The van der Waals surface area contributed by atoms with E-state index in [1.807, 2.05) is 13.0 Å². The van der Waals surface area contributed by atoms with Crippen LogP contribution in [0.5, 0.6) is 5.75 Å². The molecule has 0 fully saturated rings. The van der Waals surface area contributed by atoms with Crippen molar-refractivity contribution in [1.82, 2.24) is 4.98 Å². The number of hydrogen-bond acceptors (Lipinski definition) is 6. The number of carbonyl (C=O) groups is 1. The monoisotopic (exact) mass is 405 g/mol. The minimum Gasteiger partial charge on any atom is -0.483 e. The minimum atomic E-state index is -0.884. The van der Waals surface area contributed by atoms with Gasteiger partial charge >= 0.3 is 0 Å². The summed E-state index contributed by atoms with van der Waals surface area (Å²) in [4.78, 5) is 28.7. The van der Waals surface area contributed by atoms with E-state index >= 15 is 0 Å². The number of pyridine rings is 1. The lowest BCUT2D eigenvalue weighted by Gasteiger charge is -2.45. The molecule has 1 aromatic carbocycles. The van der Waals surface area contributed by atoms with Gasteiger partial charge in [0.2, 0.25) is 0 Å². The van der Waals surface area contributed by atoms with Gasteiger partial charge in [0.05, 0.1) is 16.7 Å². The van der Waals surface area contributed by atoms with Crippen LogP contribution in [0.1, 0.15) is 19.4 Å². The van der Waals surface area contributed by atoms with Gasteiger partial charge in [0.1, 0.15) is 23.7 Å². The molecule has 0 saturated heterocycles. The Kier molecular flexibility index (Phi) is 4.24. The number of hydrogen-bond donors (Lipinski definition) is 0.